The number of benzene rings is 2. The fraction of sp³-hybridized carbons (Fsp3) is 0.318. The lowest BCUT2D eigenvalue weighted by Crippen LogP contribution is -2.38. The molecule has 0 spiro atoms. The van der Waals surface area contributed by atoms with Gasteiger partial charge in [0.05, 0.1) is 20.2 Å². The zero-order valence-electron chi connectivity index (χ0n) is 17.9. The van der Waals surface area contributed by atoms with Crippen LogP contribution in [0.3, 0.4) is 0 Å². The second-order valence-corrected chi connectivity index (χ2v) is 7.26. The lowest BCUT2D eigenvalue weighted by Gasteiger charge is -2.13. The third-order valence-corrected chi connectivity index (χ3v) is 5.20. The minimum absolute atomic E-state index is 0. The van der Waals surface area contributed by atoms with Gasteiger partial charge in [0.2, 0.25) is 0 Å². The molecule has 2 N–H and O–H groups in total. The van der Waals surface area contributed by atoms with E-state index in [4.69, 9.17) is 21.3 Å². The van der Waals surface area contributed by atoms with Crippen LogP contribution in [0.1, 0.15) is 22.8 Å². The molecule has 0 aliphatic rings. The standard InChI is InChI=1S/C22H27ClN6O.HI/c1-16-27-28-21(29(16)2)15-26-22(25-14-18-6-4-5-7-20(18)23)24-13-12-17-8-10-19(30-3)11-9-17;/h4-11H,12-15H2,1-3H3,(H2,24,25,26);1H. The number of aromatic nitrogens is 3. The van der Waals surface area contributed by atoms with Crippen molar-refractivity contribution in [2.24, 2.45) is 12.0 Å². The van der Waals surface area contributed by atoms with E-state index in [-0.39, 0.29) is 24.0 Å². The molecule has 1 heterocycles. The topological polar surface area (TPSA) is 76.4 Å². The molecule has 2 aromatic carbocycles. The summed E-state index contributed by atoms with van der Waals surface area (Å²) in [5, 5.41) is 15.7. The Labute approximate surface area is 205 Å². The van der Waals surface area contributed by atoms with Crippen LogP contribution in [0.2, 0.25) is 5.02 Å². The van der Waals surface area contributed by atoms with E-state index in [9.17, 15) is 0 Å². The summed E-state index contributed by atoms with van der Waals surface area (Å²) in [7, 11) is 3.62. The van der Waals surface area contributed by atoms with Crippen LogP contribution in [-0.4, -0.2) is 34.4 Å². The molecule has 0 amide bonds. The lowest BCUT2D eigenvalue weighted by molar-refractivity contribution is 0.414. The molecule has 0 radical (unpaired) electrons. The number of hydrogen-bond acceptors (Lipinski definition) is 4. The van der Waals surface area contributed by atoms with Gasteiger partial charge in [-0.15, -0.1) is 34.2 Å². The zero-order valence-corrected chi connectivity index (χ0v) is 21.0. The zero-order chi connectivity index (χ0) is 21.3. The van der Waals surface area contributed by atoms with Gasteiger partial charge in [-0.2, -0.15) is 0 Å². The largest absolute Gasteiger partial charge is 0.497 e. The molecule has 0 aliphatic heterocycles. The summed E-state index contributed by atoms with van der Waals surface area (Å²) in [5.74, 6) is 3.27. The maximum absolute atomic E-state index is 6.27. The third kappa shape index (κ3) is 7.39. The third-order valence-electron chi connectivity index (χ3n) is 4.83. The van der Waals surface area contributed by atoms with Crippen LogP contribution < -0.4 is 15.4 Å². The predicted octanol–water partition coefficient (Wildman–Crippen LogP) is 3.88. The van der Waals surface area contributed by atoms with Gasteiger partial charge in [-0.05, 0) is 42.7 Å². The van der Waals surface area contributed by atoms with Crippen molar-refractivity contribution >= 4 is 41.5 Å². The first-order chi connectivity index (χ1) is 14.6. The maximum Gasteiger partial charge on any atom is 0.191 e. The van der Waals surface area contributed by atoms with Gasteiger partial charge >= 0.3 is 0 Å². The maximum atomic E-state index is 6.27. The summed E-state index contributed by atoms with van der Waals surface area (Å²) in [4.78, 5) is 4.70. The summed E-state index contributed by atoms with van der Waals surface area (Å²) in [5.41, 5.74) is 2.20. The lowest BCUT2D eigenvalue weighted by atomic mass is 10.1. The van der Waals surface area contributed by atoms with Crippen molar-refractivity contribution < 1.29 is 4.74 Å². The fourth-order valence-electron chi connectivity index (χ4n) is 2.85. The average Bonchev–Trinajstić information content (AvgIpc) is 3.09. The SMILES string of the molecule is COc1ccc(CCNC(=NCc2ccccc2Cl)NCc2nnc(C)n2C)cc1.I. The van der Waals surface area contributed by atoms with E-state index in [2.05, 4.69) is 33.0 Å². The van der Waals surface area contributed by atoms with Crippen LogP contribution in [0.4, 0.5) is 0 Å². The molecule has 1 aromatic heterocycles. The molecule has 0 atom stereocenters. The average molecular weight is 555 g/mol. The Balaban J connectivity index is 0.00000341. The first-order valence-electron chi connectivity index (χ1n) is 9.80. The molecule has 31 heavy (non-hydrogen) atoms. The highest BCUT2D eigenvalue weighted by molar-refractivity contribution is 14.0. The number of guanidine groups is 1. The van der Waals surface area contributed by atoms with Crippen molar-refractivity contribution in [1.82, 2.24) is 25.4 Å². The van der Waals surface area contributed by atoms with Gasteiger partial charge in [-0.1, -0.05) is 41.9 Å². The number of aliphatic imine (C=N–C) groups is 1. The van der Waals surface area contributed by atoms with Crippen LogP contribution in [0.25, 0.3) is 0 Å². The van der Waals surface area contributed by atoms with E-state index in [1.165, 1.54) is 5.56 Å². The predicted molar refractivity (Wildman–Crippen MR) is 135 cm³/mol. The molecule has 0 saturated carbocycles. The Bertz CT molecular complexity index is 990. The number of halogens is 2. The van der Waals surface area contributed by atoms with Gasteiger partial charge in [-0.25, -0.2) is 4.99 Å². The van der Waals surface area contributed by atoms with Crippen molar-refractivity contribution in [3.63, 3.8) is 0 Å². The van der Waals surface area contributed by atoms with E-state index in [0.29, 0.717) is 24.1 Å². The Morgan fingerprint density at radius 3 is 2.48 bits per heavy atom. The Hall–Kier alpha value is -2.33. The molecule has 0 unspecified atom stereocenters. The molecule has 9 heteroatoms. The summed E-state index contributed by atoms with van der Waals surface area (Å²) >= 11 is 6.27. The highest BCUT2D eigenvalue weighted by Gasteiger charge is 2.07. The summed E-state index contributed by atoms with van der Waals surface area (Å²) in [6.45, 7) is 3.66. The first-order valence-corrected chi connectivity index (χ1v) is 10.2. The minimum atomic E-state index is 0. The molecule has 0 saturated heterocycles. The van der Waals surface area contributed by atoms with Crippen molar-refractivity contribution in [1.29, 1.82) is 0 Å². The van der Waals surface area contributed by atoms with E-state index in [0.717, 1.165) is 35.9 Å². The van der Waals surface area contributed by atoms with Crippen molar-refractivity contribution in [2.45, 2.75) is 26.4 Å². The number of nitrogens with zero attached hydrogens (tertiary/aromatic N) is 4. The number of nitrogens with one attached hydrogen (secondary N) is 2. The number of methoxy groups -OCH3 is 1. The highest BCUT2D eigenvalue weighted by Crippen LogP contribution is 2.15. The van der Waals surface area contributed by atoms with Crippen molar-refractivity contribution in [2.75, 3.05) is 13.7 Å². The summed E-state index contributed by atoms with van der Waals surface area (Å²) in [6, 6.07) is 15.8. The van der Waals surface area contributed by atoms with Gasteiger partial charge in [0.1, 0.15) is 11.6 Å². The van der Waals surface area contributed by atoms with E-state index in [1.54, 1.807) is 7.11 Å². The number of hydrogen-bond donors (Lipinski definition) is 2. The van der Waals surface area contributed by atoms with Crippen LogP contribution >= 0.6 is 35.6 Å². The summed E-state index contributed by atoms with van der Waals surface area (Å²) in [6.07, 6.45) is 0.861. The molecule has 3 rings (SSSR count). The van der Waals surface area contributed by atoms with E-state index in [1.807, 2.05) is 54.9 Å². The highest BCUT2D eigenvalue weighted by atomic mass is 127. The van der Waals surface area contributed by atoms with Gasteiger partial charge in [0.25, 0.3) is 0 Å². The van der Waals surface area contributed by atoms with Crippen LogP contribution in [0, 0.1) is 6.92 Å². The quantitative estimate of drug-likeness (QED) is 0.251. The normalized spacial score (nSPS) is 11.0. The minimum Gasteiger partial charge on any atom is -0.497 e. The number of ether oxygens (including phenoxy) is 1. The number of aryl methyl sites for hydroxylation is 1. The van der Waals surface area contributed by atoms with E-state index >= 15 is 0 Å². The Kier molecular flexibility index (Phi) is 10.1. The van der Waals surface area contributed by atoms with Crippen LogP contribution in [0.5, 0.6) is 5.75 Å². The molecule has 166 valence electrons. The Morgan fingerprint density at radius 1 is 1.10 bits per heavy atom. The Morgan fingerprint density at radius 2 is 1.84 bits per heavy atom. The summed E-state index contributed by atoms with van der Waals surface area (Å²) < 4.78 is 7.17. The molecular weight excluding hydrogens is 527 g/mol. The molecule has 0 fully saturated rings. The molecule has 7 nitrogen and oxygen atoms in total. The molecular formula is C22H28ClIN6O. The second kappa shape index (κ2) is 12.5. The van der Waals surface area contributed by atoms with Crippen LogP contribution in [0.15, 0.2) is 53.5 Å². The monoisotopic (exact) mass is 554 g/mol. The van der Waals surface area contributed by atoms with Gasteiger partial charge in [-0.3, -0.25) is 0 Å². The van der Waals surface area contributed by atoms with Crippen molar-refractivity contribution in [3.05, 3.63) is 76.3 Å². The van der Waals surface area contributed by atoms with Crippen LogP contribution in [-0.2, 0) is 26.6 Å². The number of rotatable bonds is 8. The van der Waals surface area contributed by atoms with Crippen molar-refractivity contribution in [3.8, 4) is 5.75 Å². The fourth-order valence-corrected chi connectivity index (χ4v) is 3.05. The van der Waals surface area contributed by atoms with Gasteiger partial charge < -0.3 is 19.9 Å². The van der Waals surface area contributed by atoms with Gasteiger partial charge in [0.15, 0.2) is 11.8 Å². The van der Waals surface area contributed by atoms with E-state index < -0.39 is 0 Å². The smallest absolute Gasteiger partial charge is 0.191 e. The molecule has 0 bridgehead atoms. The van der Waals surface area contributed by atoms with Gasteiger partial charge in [0, 0.05) is 18.6 Å². The molecule has 3 aromatic rings. The second-order valence-electron chi connectivity index (χ2n) is 6.86. The first kappa shape index (κ1) is 24.9. The molecule has 0 aliphatic carbocycles.